The topological polar surface area (TPSA) is 98.6 Å². The normalized spacial score (nSPS) is 19.9. The molecule has 9 heteroatoms. The Labute approximate surface area is 177 Å². The lowest BCUT2D eigenvalue weighted by atomic mass is 9.97. The molecule has 1 aliphatic heterocycles. The molecular formula is C21H33N5O4. The zero-order chi connectivity index (χ0) is 21.6. The van der Waals surface area contributed by atoms with Crippen molar-refractivity contribution in [2.45, 2.75) is 71.1 Å². The van der Waals surface area contributed by atoms with Crippen molar-refractivity contribution in [1.29, 1.82) is 0 Å². The SMILES string of the molecule is CC(C)(C)OC(=O)N1CCOC[C@@H]1c1ncn(CC(=O)NCCC2=CCCCC2)n1. The van der Waals surface area contributed by atoms with Gasteiger partial charge in [-0.15, -0.1) is 0 Å². The fourth-order valence-corrected chi connectivity index (χ4v) is 3.59. The summed E-state index contributed by atoms with van der Waals surface area (Å²) in [6, 6.07) is -0.434. The van der Waals surface area contributed by atoms with Crippen LogP contribution < -0.4 is 5.32 Å². The van der Waals surface area contributed by atoms with Gasteiger partial charge in [0.2, 0.25) is 5.91 Å². The first-order valence-corrected chi connectivity index (χ1v) is 10.7. The molecule has 0 aromatic carbocycles. The zero-order valence-electron chi connectivity index (χ0n) is 18.2. The Hall–Kier alpha value is -2.42. The fourth-order valence-electron chi connectivity index (χ4n) is 3.59. The summed E-state index contributed by atoms with van der Waals surface area (Å²) in [5, 5.41) is 7.35. The summed E-state index contributed by atoms with van der Waals surface area (Å²) in [6.45, 7) is 7.36. The van der Waals surface area contributed by atoms with Gasteiger partial charge in [-0.3, -0.25) is 9.69 Å². The molecule has 2 heterocycles. The predicted octanol–water partition coefficient (Wildman–Crippen LogP) is 2.59. The molecule has 166 valence electrons. The number of hydrogen-bond donors (Lipinski definition) is 1. The summed E-state index contributed by atoms with van der Waals surface area (Å²) in [7, 11) is 0. The molecule has 1 aliphatic carbocycles. The van der Waals surface area contributed by atoms with Gasteiger partial charge >= 0.3 is 6.09 Å². The second kappa shape index (κ2) is 10.1. The third-order valence-electron chi connectivity index (χ3n) is 5.07. The zero-order valence-corrected chi connectivity index (χ0v) is 18.2. The van der Waals surface area contributed by atoms with Crippen molar-refractivity contribution in [2.75, 3.05) is 26.3 Å². The Kier molecular flexibility index (Phi) is 7.47. The van der Waals surface area contributed by atoms with Crippen LogP contribution in [0.1, 0.15) is 64.7 Å². The Balaban J connectivity index is 1.52. The van der Waals surface area contributed by atoms with Gasteiger partial charge in [0, 0.05) is 13.1 Å². The highest BCUT2D eigenvalue weighted by molar-refractivity contribution is 5.75. The number of allylic oxidation sites excluding steroid dienone is 1. The van der Waals surface area contributed by atoms with Gasteiger partial charge < -0.3 is 14.8 Å². The molecule has 1 aromatic rings. The van der Waals surface area contributed by atoms with Crippen LogP contribution in [-0.2, 0) is 20.8 Å². The van der Waals surface area contributed by atoms with Crippen molar-refractivity contribution in [3.63, 3.8) is 0 Å². The minimum atomic E-state index is -0.585. The van der Waals surface area contributed by atoms with E-state index in [2.05, 4.69) is 21.5 Å². The van der Waals surface area contributed by atoms with Crippen LogP contribution >= 0.6 is 0 Å². The van der Waals surface area contributed by atoms with E-state index >= 15 is 0 Å². The van der Waals surface area contributed by atoms with Crippen LogP contribution in [0.2, 0.25) is 0 Å². The van der Waals surface area contributed by atoms with Gasteiger partial charge in [-0.2, -0.15) is 5.10 Å². The highest BCUT2D eigenvalue weighted by atomic mass is 16.6. The maximum atomic E-state index is 12.5. The van der Waals surface area contributed by atoms with Crippen LogP contribution in [0.15, 0.2) is 18.0 Å². The summed E-state index contributed by atoms with van der Waals surface area (Å²) in [5.41, 5.74) is 0.850. The number of ether oxygens (including phenoxy) is 2. The molecule has 1 atom stereocenters. The second-order valence-electron chi connectivity index (χ2n) is 8.77. The number of nitrogens with one attached hydrogen (secondary N) is 1. The molecule has 0 spiro atoms. The van der Waals surface area contributed by atoms with Crippen LogP contribution in [0.4, 0.5) is 4.79 Å². The number of amides is 2. The number of rotatable bonds is 6. The van der Waals surface area contributed by atoms with E-state index < -0.39 is 17.7 Å². The molecule has 2 amide bonds. The molecule has 0 unspecified atom stereocenters. The third kappa shape index (κ3) is 6.55. The molecule has 1 aromatic heterocycles. The van der Waals surface area contributed by atoms with Crippen LogP contribution in [0.5, 0.6) is 0 Å². The lowest BCUT2D eigenvalue weighted by Gasteiger charge is -2.35. The van der Waals surface area contributed by atoms with Gasteiger partial charge in [0.25, 0.3) is 0 Å². The standard InChI is InChI=1S/C21H33N5O4/c1-21(2,3)30-20(28)26-11-12-29-14-17(26)19-23-15-25(24-19)13-18(27)22-10-9-16-7-5-4-6-8-16/h7,15,17H,4-6,8-14H2,1-3H3,(H,22,27)/t17-/m1/s1. The Bertz CT molecular complexity index is 768. The summed E-state index contributed by atoms with van der Waals surface area (Å²) in [6.07, 6.45) is 9.09. The van der Waals surface area contributed by atoms with Crippen LogP contribution in [-0.4, -0.2) is 63.6 Å². The molecule has 1 fully saturated rings. The molecular weight excluding hydrogens is 386 g/mol. The van der Waals surface area contributed by atoms with E-state index in [-0.39, 0.29) is 12.5 Å². The van der Waals surface area contributed by atoms with Gasteiger partial charge in [-0.1, -0.05) is 11.6 Å². The van der Waals surface area contributed by atoms with Crippen molar-refractivity contribution in [3.05, 3.63) is 23.8 Å². The van der Waals surface area contributed by atoms with Gasteiger partial charge in [0.15, 0.2) is 5.82 Å². The number of aromatic nitrogens is 3. The Morgan fingerprint density at radius 1 is 1.33 bits per heavy atom. The molecule has 30 heavy (non-hydrogen) atoms. The predicted molar refractivity (Wildman–Crippen MR) is 111 cm³/mol. The molecule has 0 bridgehead atoms. The lowest BCUT2D eigenvalue weighted by molar-refractivity contribution is -0.121. The summed E-state index contributed by atoms with van der Waals surface area (Å²) < 4.78 is 12.5. The maximum Gasteiger partial charge on any atom is 0.411 e. The van der Waals surface area contributed by atoms with Gasteiger partial charge in [-0.05, 0) is 52.9 Å². The molecule has 3 rings (SSSR count). The van der Waals surface area contributed by atoms with E-state index in [9.17, 15) is 9.59 Å². The van der Waals surface area contributed by atoms with E-state index in [0.29, 0.717) is 32.1 Å². The van der Waals surface area contributed by atoms with Crippen LogP contribution in [0.25, 0.3) is 0 Å². The van der Waals surface area contributed by atoms with Crippen LogP contribution in [0, 0.1) is 0 Å². The molecule has 1 saturated heterocycles. The van der Waals surface area contributed by atoms with Crippen molar-refractivity contribution < 1.29 is 19.1 Å². The third-order valence-corrected chi connectivity index (χ3v) is 5.07. The van der Waals surface area contributed by atoms with Gasteiger partial charge in [0.05, 0.1) is 13.2 Å². The smallest absolute Gasteiger partial charge is 0.411 e. The van der Waals surface area contributed by atoms with E-state index in [1.165, 1.54) is 29.4 Å². The van der Waals surface area contributed by atoms with E-state index in [4.69, 9.17) is 9.47 Å². The van der Waals surface area contributed by atoms with E-state index in [0.717, 1.165) is 19.3 Å². The molecule has 0 radical (unpaired) electrons. The van der Waals surface area contributed by atoms with Crippen molar-refractivity contribution in [1.82, 2.24) is 25.0 Å². The first-order valence-electron chi connectivity index (χ1n) is 10.7. The molecule has 0 saturated carbocycles. The summed E-state index contributed by atoms with van der Waals surface area (Å²) in [5.74, 6) is 0.340. The van der Waals surface area contributed by atoms with Crippen molar-refractivity contribution in [3.8, 4) is 0 Å². The number of carbonyl (C=O) groups excluding carboxylic acids is 2. The van der Waals surface area contributed by atoms with E-state index in [1.54, 1.807) is 4.90 Å². The average molecular weight is 420 g/mol. The highest BCUT2D eigenvalue weighted by Gasteiger charge is 2.34. The van der Waals surface area contributed by atoms with E-state index in [1.807, 2.05) is 20.8 Å². The highest BCUT2D eigenvalue weighted by Crippen LogP contribution is 2.24. The fraction of sp³-hybridized carbons (Fsp3) is 0.714. The Morgan fingerprint density at radius 2 is 2.17 bits per heavy atom. The first-order chi connectivity index (χ1) is 14.3. The summed E-state index contributed by atoms with van der Waals surface area (Å²) in [4.78, 5) is 30.7. The average Bonchev–Trinajstić information content (AvgIpc) is 3.16. The van der Waals surface area contributed by atoms with Crippen molar-refractivity contribution in [2.24, 2.45) is 0 Å². The molecule has 2 aliphatic rings. The number of morpholine rings is 1. The van der Waals surface area contributed by atoms with Gasteiger partial charge in [0.1, 0.15) is 24.5 Å². The summed E-state index contributed by atoms with van der Waals surface area (Å²) >= 11 is 0. The monoisotopic (exact) mass is 419 g/mol. The van der Waals surface area contributed by atoms with Gasteiger partial charge in [-0.25, -0.2) is 14.5 Å². The largest absolute Gasteiger partial charge is 0.444 e. The number of hydrogen-bond acceptors (Lipinski definition) is 6. The maximum absolute atomic E-state index is 12.5. The van der Waals surface area contributed by atoms with Crippen LogP contribution in [0.3, 0.4) is 0 Å². The van der Waals surface area contributed by atoms with Crippen molar-refractivity contribution >= 4 is 12.0 Å². The number of carbonyl (C=O) groups is 2. The second-order valence-corrected chi connectivity index (χ2v) is 8.77. The first kappa shape index (κ1) is 22.3. The Morgan fingerprint density at radius 3 is 2.90 bits per heavy atom. The minimum absolute atomic E-state index is 0.0893. The quantitative estimate of drug-likeness (QED) is 0.712. The number of nitrogens with zero attached hydrogens (tertiary/aromatic N) is 4. The lowest BCUT2D eigenvalue weighted by Crippen LogP contribution is -2.46. The molecule has 1 N–H and O–H groups in total. The minimum Gasteiger partial charge on any atom is -0.444 e. The molecule has 9 nitrogen and oxygen atoms in total.